The summed E-state index contributed by atoms with van der Waals surface area (Å²) in [7, 11) is 1.24. The minimum absolute atomic E-state index is 0.127. The molecule has 1 amide bonds. The van der Waals surface area contributed by atoms with Crippen molar-refractivity contribution >= 4 is 29.3 Å². The zero-order valence-corrected chi connectivity index (χ0v) is 12.5. The minimum atomic E-state index is -0.769. The molecule has 0 aliphatic heterocycles. The van der Waals surface area contributed by atoms with Crippen LogP contribution >= 0.6 is 11.8 Å². The predicted octanol–water partition coefficient (Wildman–Crippen LogP) is 1.62. The number of carbonyl (C=O) groups is 2. The number of non-ortho nitro benzene ring substituents is 1. The molecular formula is C13H16N2O5S. The van der Waals surface area contributed by atoms with Crippen molar-refractivity contribution in [3.8, 4) is 0 Å². The van der Waals surface area contributed by atoms with Gasteiger partial charge in [-0.05, 0) is 24.5 Å². The maximum absolute atomic E-state index is 12.1. The summed E-state index contributed by atoms with van der Waals surface area (Å²) >= 11 is 1.54. The van der Waals surface area contributed by atoms with E-state index in [1.165, 1.54) is 37.1 Å². The number of hydrogen-bond acceptors (Lipinski definition) is 6. The van der Waals surface area contributed by atoms with Crippen LogP contribution in [0.5, 0.6) is 0 Å². The Morgan fingerprint density at radius 3 is 2.76 bits per heavy atom. The number of benzene rings is 1. The number of carbonyl (C=O) groups excluding carboxylic acids is 2. The van der Waals surface area contributed by atoms with E-state index in [4.69, 9.17) is 0 Å². The molecule has 1 N–H and O–H groups in total. The van der Waals surface area contributed by atoms with Crippen LogP contribution < -0.4 is 5.32 Å². The second-order valence-corrected chi connectivity index (χ2v) is 5.12. The van der Waals surface area contributed by atoms with Gasteiger partial charge >= 0.3 is 5.97 Å². The van der Waals surface area contributed by atoms with E-state index in [2.05, 4.69) is 10.1 Å². The summed E-state index contributed by atoms with van der Waals surface area (Å²) in [6.07, 6.45) is 2.31. The number of esters is 1. The molecule has 0 bridgehead atoms. The summed E-state index contributed by atoms with van der Waals surface area (Å²) in [5.74, 6) is -0.410. The van der Waals surface area contributed by atoms with E-state index in [0.717, 1.165) is 6.07 Å². The van der Waals surface area contributed by atoms with E-state index in [1.807, 2.05) is 6.26 Å². The molecule has 114 valence electrons. The van der Waals surface area contributed by atoms with Gasteiger partial charge in [0.25, 0.3) is 11.6 Å². The number of nitrogens with zero attached hydrogens (tertiary/aromatic N) is 1. The molecule has 0 aliphatic rings. The Labute approximate surface area is 126 Å². The molecule has 0 aromatic heterocycles. The summed E-state index contributed by atoms with van der Waals surface area (Å²) in [6.45, 7) is 0. The van der Waals surface area contributed by atoms with Gasteiger partial charge in [-0.15, -0.1) is 0 Å². The van der Waals surface area contributed by atoms with Crippen LogP contribution in [0.25, 0.3) is 0 Å². The van der Waals surface area contributed by atoms with Crippen molar-refractivity contribution in [1.29, 1.82) is 0 Å². The van der Waals surface area contributed by atoms with Crippen molar-refractivity contribution < 1.29 is 19.2 Å². The lowest BCUT2D eigenvalue weighted by atomic mass is 10.1. The number of nitro benzene ring substituents is 1. The first-order valence-electron chi connectivity index (χ1n) is 6.11. The molecule has 0 aliphatic carbocycles. The molecule has 1 rings (SSSR count). The van der Waals surface area contributed by atoms with Gasteiger partial charge in [-0.25, -0.2) is 4.79 Å². The number of nitro groups is 1. The Balaban J connectivity index is 2.83. The first-order chi connectivity index (χ1) is 9.99. The summed E-state index contributed by atoms with van der Waals surface area (Å²) in [5, 5.41) is 13.2. The maximum Gasteiger partial charge on any atom is 0.328 e. The highest BCUT2D eigenvalue weighted by Gasteiger charge is 2.22. The van der Waals surface area contributed by atoms with Gasteiger partial charge in [0.1, 0.15) is 6.04 Å². The number of methoxy groups -OCH3 is 1. The Bertz CT molecular complexity index is 535. The second kappa shape index (κ2) is 8.25. The monoisotopic (exact) mass is 312 g/mol. The molecule has 7 nitrogen and oxygen atoms in total. The first kappa shape index (κ1) is 17.0. The summed E-state index contributed by atoms with van der Waals surface area (Å²) < 4.78 is 4.64. The van der Waals surface area contributed by atoms with Gasteiger partial charge in [0.05, 0.1) is 12.0 Å². The number of ether oxygens (including phenoxy) is 1. The van der Waals surface area contributed by atoms with Crippen molar-refractivity contribution in [2.24, 2.45) is 0 Å². The molecule has 0 unspecified atom stereocenters. The highest BCUT2D eigenvalue weighted by Crippen LogP contribution is 2.13. The zero-order valence-electron chi connectivity index (χ0n) is 11.7. The van der Waals surface area contributed by atoms with Gasteiger partial charge in [-0.3, -0.25) is 14.9 Å². The van der Waals surface area contributed by atoms with Crippen LogP contribution in [0.3, 0.4) is 0 Å². The summed E-state index contributed by atoms with van der Waals surface area (Å²) in [6, 6.07) is 4.56. The molecule has 0 radical (unpaired) electrons. The summed E-state index contributed by atoms with van der Waals surface area (Å²) in [5.41, 5.74) is -0.0522. The van der Waals surface area contributed by atoms with Crippen LogP contribution in [0, 0.1) is 10.1 Å². The highest BCUT2D eigenvalue weighted by molar-refractivity contribution is 7.98. The molecule has 0 saturated heterocycles. The maximum atomic E-state index is 12.1. The number of rotatable bonds is 7. The van der Waals surface area contributed by atoms with Crippen LogP contribution in [0.4, 0.5) is 5.69 Å². The molecule has 0 spiro atoms. The molecule has 1 aromatic rings. The van der Waals surface area contributed by atoms with Gasteiger partial charge in [-0.1, -0.05) is 6.07 Å². The van der Waals surface area contributed by atoms with Crippen molar-refractivity contribution in [3.05, 3.63) is 39.9 Å². The largest absolute Gasteiger partial charge is 0.467 e. The molecule has 1 atom stereocenters. The average Bonchev–Trinajstić information content (AvgIpc) is 2.50. The Kier molecular flexibility index (Phi) is 6.67. The van der Waals surface area contributed by atoms with E-state index in [-0.39, 0.29) is 11.3 Å². The van der Waals surface area contributed by atoms with Crippen LogP contribution in [0.1, 0.15) is 16.8 Å². The number of hydrogen-bond donors (Lipinski definition) is 1. The molecule has 0 fully saturated rings. The van der Waals surface area contributed by atoms with Gasteiger partial charge < -0.3 is 10.1 Å². The Hall–Kier alpha value is -2.09. The van der Waals surface area contributed by atoms with Crippen molar-refractivity contribution in [2.45, 2.75) is 12.5 Å². The molecule has 21 heavy (non-hydrogen) atoms. The number of amides is 1. The third-order valence-corrected chi connectivity index (χ3v) is 3.36. The van der Waals surface area contributed by atoms with Crippen LogP contribution in [0.2, 0.25) is 0 Å². The van der Waals surface area contributed by atoms with E-state index in [0.29, 0.717) is 12.2 Å². The molecular weight excluding hydrogens is 296 g/mol. The van der Waals surface area contributed by atoms with Gasteiger partial charge in [-0.2, -0.15) is 11.8 Å². The SMILES string of the molecule is COC(=O)[C@H](CCSC)NC(=O)c1cccc([N+](=O)[O-])c1. The first-order valence-corrected chi connectivity index (χ1v) is 7.51. The fourth-order valence-electron chi connectivity index (χ4n) is 1.63. The number of nitrogens with one attached hydrogen (secondary N) is 1. The van der Waals surface area contributed by atoms with Gasteiger partial charge in [0, 0.05) is 17.7 Å². The van der Waals surface area contributed by atoms with Crippen molar-refractivity contribution in [1.82, 2.24) is 5.32 Å². The van der Waals surface area contributed by atoms with Crippen molar-refractivity contribution in [2.75, 3.05) is 19.1 Å². The molecule has 0 heterocycles. The molecule has 8 heteroatoms. The smallest absolute Gasteiger partial charge is 0.328 e. The van der Waals surface area contributed by atoms with Crippen molar-refractivity contribution in [3.63, 3.8) is 0 Å². The normalized spacial score (nSPS) is 11.5. The van der Waals surface area contributed by atoms with Crippen LogP contribution in [-0.2, 0) is 9.53 Å². The quantitative estimate of drug-likeness (QED) is 0.466. The van der Waals surface area contributed by atoms with Crippen LogP contribution in [-0.4, -0.2) is 42.0 Å². The predicted molar refractivity (Wildman–Crippen MR) is 79.4 cm³/mol. The average molecular weight is 312 g/mol. The second-order valence-electron chi connectivity index (χ2n) is 4.14. The van der Waals surface area contributed by atoms with E-state index >= 15 is 0 Å². The van der Waals surface area contributed by atoms with Gasteiger partial charge in [0.15, 0.2) is 0 Å². The summed E-state index contributed by atoms with van der Waals surface area (Å²) in [4.78, 5) is 33.8. The van der Waals surface area contributed by atoms with E-state index < -0.39 is 22.8 Å². The van der Waals surface area contributed by atoms with E-state index in [9.17, 15) is 19.7 Å². The molecule has 1 aromatic carbocycles. The zero-order chi connectivity index (χ0) is 15.8. The highest BCUT2D eigenvalue weighted by atomic mass is 32.2. The third kappa shape index (κ3) is 5.07. The lowest BCUT2D eigenvalue weighted by Gasteiger charge is -2.15. The minimum Gasteiger partial charge on any atom is -0.467 e. The standard InChI is InChI=1S/C13H16N2O5S/c1-20-13(17)11(6-7-21-2)14-12(16)9-4-3-5-10(8-9)15(18)19/h3-5,8,11H,6-7H2,1-2H3,(H,14,16)/t11-/m0/s1. The topological polar surface area (TPSA) is 98.5 Å². The lowest BCUT2D eigenvalue weighted by molar-refractivity contribution is -0.384. The molecule has 0 saturated carbocycles. The Morgan fingerprint density at radius 2 is 2.19 bits per heavy atom. The fourth-order valence-corrected chi connectivity index (χ4v) is 2.10. The number of thioether (sulfide) groups is 1. The van der Waals surface area contributed by atoms with Crippen LogP contribution in [0.15, 0.2) is 24.3 Å². The van der Waals surface area contributed by atoms with Gasteiger partial charge in [0.2, 0.25) is 0 Å². The Morgan fingerprint density at radius 1 is 1.48 bits per heavy atom. The fraction of sp³-hybridized carbons (Fsp3) is 0.385. The van der Waals surface area contributed by atoms with E-state index in [1.54, 1.807) is 0 Å². The third-order valence-electron chi connectivity index (χ3n) is 2.72. The lowest BCUT2D eigenvalue weighted by Crippen LogP contribution is -2.41.